The molecular weight excluding hydrogens is 584 g/mol. The number of piperidine rings is 1. The van der Waals surface area contributed by atoms with Crippen LogP contribution in [0.15, 0.2) is 42.5 Å². The van der Waals surface area contributed by atoms with E-state index in [4.69, 9.17) is 14.2 Å². The minimum absolute atomic E-state index is 0.0582. The Labute approximate surface area is 264 Å². The minimum atomic E-state index is -1.12. The second kappa shape index (κ2) is 14.9. The van der Waals surface area contributed by atoms with Gasteiger partial charge in [0.25, 0.3) is 0 Å². The molecule has 2 saturated heterocycles. The summed E-state index contributed by atoms with van der Waals surface area (Å²) in [4.78, 5) is 41.0. The summed E-state index contributed by atoms with van der Waals surface area (Å²) >= 11 is 0. The molecule has 246 valence electrons. The van der Waals surface area contributed by atoms with E-state index in [9.17, 15) is 18.8 Å². The van der Waals surface area contributed by atoms with Gasteiger partial charge in [0, 0.05) is 26.1 Å². The Balaban J connectivity index is 1.39. The molecule has 0 saturated carbocycles. The number of alkyl halides is 1. The quantitative estimate of drug-likeness (QED) is 0.358. The maximum absolute atomic E-state index is 15.5. The van der Waals surface area contributed by atoms with Crippen LogP contribution in [0, 0.1) is 11.7 Å². The molecule has 9 nitrogen and oxygen atoms in total. The van der Waals surface area contributed by atoms with Gasteiger partial charge in [-0.1, -0.05) is 24.3 Å². The van der Waals surface area contributed by atoms with E-state index in [2.05, 4.69) is 5.32 Å². The zero-order valence-corrected chi connectivity index (χ0v) is 26.8. The van der Waals surface area contributed by atoms with Crippen molar-refractivity contribution < 1.29 is 37.4 Å². The van der Waals surface area contributed by atoms with Crippen molar-refractivity contribution in [2.24, 2.45) is 5.92 Å². The summed E-state index contributed by atoms with van der Waals surface area (Å²) in [5.41, 5.74) is 0.831. The van der Waals surface area contributed by atoms with Crippen LogP contribution in [0.1, 0.15) is 59.4 Å². The predicted molar refractivity (Wildman–Crippen MR) is 166 cm³/mol. The van der Waals surface area contributed by atoms with E-state index in [0.717, 1.165) is 18.4 Å². The lowest BCUT2D eigenvalue weighted by atomic mass is 9.98. The molecule has 0 bridgehead atoms. The Bertz CT molecular complexity index is 1340. The molecule has 2 aromatic carbocycles. The molecule has 2 aromatic rings. The van der Waals surface area contributed by atoms with E-state index in [-0.39, 0.29) is 43.7 Å². The Morgan fingerprint density at radius 3 is 2.29 bits per heavy atom. The van der Waals surface area contributed by atoms with E-state index < -0.39 is 35.6 Å². The first kappa shape index (κ1) is 34.0. The van der Waals surface area contributed by atoms with Gasteiger partial charge in [0.1, 0.15) is 29.4 Å². The highest BCUT2D eigenvalue weighted by Crippen LogP contribution is 2.28. The molecule has 0 aliphatic carbocycles. The molecule has 2 aliphatic rings. The van der Waals surface area contributed by atoms with Crippen LogP contribution in [0.3, 0.4) is 0 Å². The van der Waals surface area contributed by atoms with Crippen LogP contribution in [0.2, 0.25) is 0 Å². The normalized spacial score (nSPS) is 18.1. The van der Waals surface area contributed by atoms with Crippen LogP contribution in [0.25, 0.3) is 11.1 Å². The van der Waals surface area contributed by atoms with Gasteiger partial charge in [-0.15, -0.1) is 0 Å². The number of carbonyl (C=O) groups excluding carboxylic acids is 3. The number of carbonyl (C=O) groups is 3. The Morgan fingerprint density at radius 1 is 0.978 bits per heavy atom. The zero-order chi connectivity index (χ0) is 32.7. The number of nitrogens with zero attached hydrogens (tertiary/aromatic N) is 2. The molecule has 0 aromatic heterocycles. The summed E-state index contributed by atoms with van der Waals surface area (Å²) < 4.78 is 46.0. The lowest BCUT2D eigenvalue weighted by Crippen LogP contribution is -2.50. The second-order valence-electron chi connectivity index (χ2n) is 13.1. The van der Waals surface area contributed by atoms with E-state index in [1.165, 1.54) is 11.0 Å². The minimum Gasteiger partial charge on any atom is -0.493 e. The molecule has 0 spiro atoms. The SMILES string of the molecule is CC(C)OC(=O)N1CCC(COc2cccc(-c3ccc(CC(NC(=O)OC(C)(C)C)C(=O)N4CCC(F)C4)c(F)c3)c2)CC1. The molecule has 0 radical (unpaired) electrons. The molecule has 2 heterocycles. The third-order valence-electron chi connectivity index (χ3n) is 7.77. The third kappa shape index (κ3) is 10.1. The highest BCUT2D eigenvalue weighted by molar-refractivity contribution is 5.86. The molecule has 2 atom stereocenters. The van der Waals surface area contributed by atoms with Crippen LogP contribution in [0.5, 0.6) is 5.75 Å². The Hall–Kier alpha value is -3.89. The van der Waals surface area contributed by atoms with Crippen molar-refractivity contribution in [2.45, 2.75) is 84.2 Å². The molecule has 1 N–H and O–H groups in total. The van der Waals surface area contributed by atoms with Crippen LogP contribution < -0.4 is 10.1 Å². The highest BCUT2D eigenvalue weighted by Gasteiger charge is 2.33. The molecule has 2 unspecified atom stereocenters. The van der Waals surface area contributed by atoms with Crippen molar-refractivity contribution in [3.05, 3.63) is 53.8 Å². The van der Waals surface area contributed by atoms with Crippen molar-refractivity contribution in [1.82, 2.24) is 15.1 Å². The Morgan fingerprint density at radius 2 is 1.67 bits per heavy atom. The largest absolute Gasteiger partial charge is 0.493 e. The lowest BCUT2D eigenvalue weighted by molar-refractivity contribution is -0.132. The molecular formula is C34H45F2N3O6. The van der Waals surface area contributed by atoms with Crippen molar-refractivity contribution in [1.29, 1.82) is 0 Å². The number of nitrogens with one attached hydrogen (secondary N) is 1. The van der Waals surface area contributed by atoms with Crippen molar-refractivity contribution >= 4 is 18.1 Å². The molecule has 2 aliphatic heterocycles. The first-order valence-corrected chi connectivity index (χ1v) is 15.7. The number of likely N-dealkylation sites (tertiary alicyclic amines) is 2. The van der Waals surface area contributed by atoms with Crippen LogP contribution in [-0.4, -0.2) is 84.6 Å². The topological polar surface area (TPSA) is 97.4 Å². The highest BCUT2D eigenvalue weighted by atomic mass is 19.1. The summed E-state index contributed by atoms with van der Waals surface area (Å²) in [5, 5.41) is 2.57. The summed E-state index contributed by atoms with van der Waals surface area (Å²) in [6.45, 7) is 10.7. The first-order chi connectivity index (χ1) is 21.3. The van der Waals surface area contributed by atoms with E-state index >= 15 is 4.39 Å². The van der Waals surface area contributed by atoms with Gasteiger partial charge in [-0.25, -0.2) is 18.4 Å². The number of rotatable bonds is 9. The van der Waals surface area contributed by atoms with Crippen molar-refractivity contribution in [3.8, 4) is 16.9 Å². The van der Waals surface area contributed by atoms with E-state index in [0.29, 0.717) is 36.9 Å². The molecule has 11 heteroatoms. The number of hydrogen-bond acceptors (Lipinski definition) is 6. The van der Waals surface area contributed by atoms with Gasteiger partial charge >= 0.3 is 12.2 Å². The third-order valence-corrected chi connectivity index (χ3v) is 7.77. The first-order valence-electron chi connectivity index (χ1n) is 15.7. The number of benzene rings is 2. The number of ether oxygens (including phenoxy) is 3. The van der Waals surface area contributed by atoms with Crippen LogP contribution >= 0.6 is 0 Å². The predicted octanol–water partition coefficient (Wildman–Crippen LogP) is 6.13. The number of halogens is 2. The maximum Gasteiger partial charge on any atom is 0.410 e. The average molecular weight is 630 g/mol. The molecule has 2 fully saturated rings. The fraction of sp³-hybridized carbons (Fsp3) is 0.559. The smallest absolute Gasteiger partial charge is 0.410 e. The van der Waals surface area contributed by atoms with Crippen LogP contribution in [-0.2, 0) is 20.7 Å². The monoisotopic (exact) mass is 629 g/mol. The fourth-order valence-corrected chi connectivity index (χ4v) is 5.44. The molecule has 4 rings (SSSR count). The van der Waals surface area contributed by atoms with Crippen LogP contribution in [0.4, 0.5) is 18.4 Å². The van der Waals surface area contributed by atoms with Gasteiger partial charge in [0.05, 0.1) is 19.3 Å². The fourth-order valence-electron chi connectivity index (χ4n) is 5.44. The van der Waals surface area contributed by atoms with Crippen molar-refractivity contribution in [3.63, 3.8) is 0 Å². The zero-order valence-electron chi connectivity index (χ0n) is 26.8. The Kier molecular flexibility index (Phi) is 11.3. The van der Waals surface area contributed by atoms with Gasteiger partial charge in [-0.05, 0) is 94.7 Å². The number of alkyl carbamates (subject to hydrolysis) is 1. The van der Waals surface area contributed by atoms with Gasteiger partial charge in [-0.2, -0.15) is 0 Å². The maximum atomic E-state index is 15.5. The summed E-state index contributed by atoms with van der Waals surface area (Å²) in [6.07, 6.45) is -0.608. The second-order valence-corrected chi connectivity index (χ2v) is 13.1. The van der Waals surface area contributed by atoms with E-state index in [1.807, 2.05) is 38.1 Å². The van der Waals surface area contributed by atoms with Gasteiger partial charge in [0.15, 0.2) is 0 Å². The number of hydrogen-bond donors (Lipinski definition) is 1. The van der Waals surface area contributed by atoms with Gasteiger partial charge < -0.3 is 29.3 Å². The standard InChI is InChI=1S/C34H45F2N3O6/c1-22(2)44-33(42)38-14-11-23(12-15-38)21-43-28-8-6-7-24(17-28)25-9-10-26(29(36)18-25)19-30(37-32(41)45-34(3,4)5)31(40)39-16-13-27(35)20-39/h6-10,17-18,22-23,27,30H,11-16,19-21H2,1-5H3,(H,37,41). The van der Waals surface area contributed by atoms with Gasteiger partial charge in [0.2, 0.25) is 5.91 Å². The lowest BCUT2D eigenvalue weighted by Gasteiger charge is -2.31. The summed E-state index contributed by atoms with van der Waals surface area (Å²) in [6, 6.07) is 11.0. The molecule has 3 amide bonds. The number of amides is 3. The van der Waals surface area contributed by atoms with Gasteiger partial charge in [-0.3, -0.25) is 4.79 Å². The molecule has 45 heavy (non-hydrogen) atoms. The van der Waals surface area contributed by atoms with Crippen molar-refractivity contribution in [2.75, 3.05) is 32.8 Å². The summed E-state index contributed by atoms with van der Waals surface area (Å²) in [5.74, 6) is -0.0527. The summed E-state index contributed by atoms with van der Waals surface area (Å²) in [7, 11) is 0. The average Bonchev–Trinajstić information content (AvgIpc) is 3.41. The van der Waals surface area contributed by atoms with E-state index in [1.54, 1.807) is 37.8 Å².